The summed E-state index contributed by atoms with van der Waals surface area (Å²) in [6.07, 6.45) is 3.65. The molecule has 0 radical (unpaired) electrons. The lowest BCUT2D eigenvalue weighted by molar-refractivity contribution is 0.413. The van der Waals surface area contributed by atoms with Crippen LogP contribution in [0.2, 0.25) is 0 Å². The molecule has 0 saturated carbocycles. The van der Waals surface area contributed by atoms with Gasteiger partial charge >= 0.3 is 0 Å². The van der Waals surface area contributed by atoms with Crippen molar-refractivity contribution in [3.05, 3.63) is 54.0 Å². The maximum Gasteiger partial charge on any atom is 0.118 e. The van der Waals surface area contributed by atoms with Crippen LogP contribution in [0, 0.1) is 0 Å². The monoisotopic (exact) mass is 273 g/mol. The lowest BCUT2D eigenvalue weighted by Crippen LogP contribution is -2.37. The number of hydrogen-bond acceptors (Lipinski definition) is 3. The molecular formula is C17H23NO2. The van der Waals surface area contributed by atoms with Crippen molar-refractivity contribution in [1.29, 1.82) is 0 Å². The molecule has 1 aromatic heterocycles. The predicted octanol–water partition coefficient (Wildman–Crippen LogP) is 3.44. The third kappa shape index (κ3) is 4.42. The van der Waals surface area contributed by atoms with Gasteiger partial charge in [0.15, 0.2) is 0 Å². The van der Waals surface area contributed by atoms with Crippen molar-refractivity contribution in [3.8, 4) is 5.75 Å². The van der Waals surface area contributed by atoms with Gasteiger partial charge in [-0.25, -0.2) is 0 Å². The quantitative estimate of drug-likeness (QED) is 0.839. The summed E-state index contributed by atoms with van der Waals surface area (Å²) in [6.45, 7) is 4.40. The van der Waals surface area contributed by atoms with Gasteiger partial charge in [-0.1, -0.05) is 12.1 Å². The summed E-state index contributed by atoms with van der Waals surface area (Å²) in [4.78, 5) is 0. The number of ether oxygens (including phenoxy) is 1. The van der Waals surface area contributed by atoms with Gasteiger partial charge in [-0.2, -0.15) is 0 Å². The number of benzene rings is 1. The Hall–Kier alpha value is -1.74. The number of hydrogen-bond donors (Lipinski definition) is 1. The van der Waals surface area contributed by atoms with Gasteiger partial charge in [0.2, 0.25) is 0 Å². The van der Waals surface area contributed by atoms with Crippen molar-refractivity contribution in [3.63, 3.8) is 0 Å². The molecule has 1 heterocycles. The molecule has 0 fully saturated rings. The van der Waals surface area contributed by atoms with Gasteiger partial charge in [0.25, 0.3) is 0 Å². The summed E-state index contributed by atoms with van der Waals surface area (Å²) in [5.41, 5.74) is 1.32. The van der Waals surface area contributed by atoms with Crippen molar-refractivity contribution in [2.45, 2.75) is 38.8 Å². The standard InChI is InChI=1S/C17H23NO2/c1-13(11-15-6-8-16(19-3)9-7-15)18-14(2)12-17-5-4-10-20-17/h4-10,13-14,18H,11-12H2,1-3H3. The molecule has 0 aliphatic rings. The van der Waals surface area contributed by atoms with Gasteiger partial charge in [-0.3, -0.25) is 0 Å². The Labute approximate surface area is 121 Å². The van der Waals surface area contributed by atoms with E-state index in [-0.39, 0.29) is 0 Å². The van der Waals surface area contributed by atoms with Gasteiger partial charge < -0.3 is 14.5 Å². The molecular weight excluding hydrogens is 250 g/mol. The van der Waals surface area contributed by atoms with E-state index >= 15 is 0 Å². The first-order valence-electron chi connectivity index (χ1n) is 7.08. The Morgan fingerprint density at radius 1 is 1.05 bits per heavy atom. The zero-order valence-corrected chi connectivity index (χ0v) is 12.4. The molecule has 0 spiro atoms. The fourth-order valence-electron chi connectivity index (χ4n) is 2.45. The van der Waals surface area contributed by atoms with Gasteiger partial charge in [0.1, 0.15) is 11.5 Å². The van der Waals surface area contributed by atoms with Gasteiger partial charge in [0, 0.05) is 18.5 Å². The van der Waals surface area contributed by atoms with Crippen LogP contribution in [-0.4, -0.2) is 19.2 Å². The second-order valence-corrected chi connectivity index (χ2v) is 5.30. The minimum atomic E-state index is 0.398. The first-order chi connectivity index (χ1) is 9.67. The lowest BCUT2D eigenvalue weighted by atomic mass is 10.1. The maximum absolute atomic E-state index is 5.38. The maximum atomic E-state index is 5.38. The lowest BCUT2D eigenvalue weighted by Gasteiger charge is -2.19. The van der Waals surface area contributed by atoms with Crippen LogP contribution in [0.15, 0.2) is 47.1 Å². The van der Waals surface area contributed by atoms with Gasteiger partial charge in [-0.05, 0) is 50.1 Å². The molecule has 20 heavy (non-hydrogen) atoms. The molecule has 0 aliphatic heterocycles. The summed E-state index contributed by atoms with van der Waals surface area (Å²) in [7, 11) is 1.69. The third-order valence-corrected chi connectivity index (χ3v) is 3.36. The Kier molecular flexibility index (Phi) is 5.24. The Bertz CT molecular complexity index is 490. The molecule has 0 bridgehead atoms. The number of nitrogens with one attached hydrogen (secondary N) is 1. The smallest absolute Gasteiger partial charge is 0.118 e. The summed E-state index contributed by atoms with van der Waals surface area (Å²) in [6, 6.07) is 13.0. The second-order valence-electron chi connectivity index (χ2n) is 5.30. The minimum Gasteiger partial charge on any atom is -0.497 e. The molecule has 108 valence electrons. The van der Waals surface area contributed by atoms with E-state index < -0.39 is 0 Å². The van der Waals surface area contributed by atoms with E-state index in [0.717, 1.165) is 24.4 Å². The van der Waals surface area contributed by atoms with Crippen LogP contribution < -0.4 is 10.1 Å². The Morgan fingerprint density at radius 2 is 1.75 bits per heavy atom. The summed E-state index contributed by atoms with van der Waals surface area (Å²) in [5, 5.41) is 3.60. The topological polar surface area (TPSA) is 34.4 Å². The molecule has 2 aromatic rings. The van der Waals surface area contributed by atoms with Crippen LogP contribution >= 0.6 is 0 Å². The molecule has 2 atom stereocenters. The highest BCUT2D eigenvalue weighted by Gasteiger charge is 2.10. The average Bonchev–Trinajstić information content (AvgIpc) is 2.92. The van der Waals surface area contributed by atoms with E-state index in [0.29, 0.717) is 12.1 Å². The van der Waals surface area contributed by atoms with Gasteiger partial charge in [0.05, 0.1) is 13.4 Å². The number of rotatable bonds is 7. The van der Waals surface area contributed by atoms with E-state index in [4.69, 9.17) is 9.15 Å². The zero-order chi connectivity index (χ0) is 14.4. The Balaban J connectivity index is 1.80. The summed E-state index contributed by atoms with van der Waals surface area (Å²) < 4.78 is 10.5. The van der Waals surface area contributed by atoms with E-state index in [1.165, 1.54) is 5.56 Å². The second kappa shape index (κ2) is 7.15. The van der Waals surface area contributed by atoms with Crippen LogP contribution in [-0.2, 0) is 12.8 Å². The minimum absolute atomic E-state index is 0.398. The van der Waals surface area contributed by atoms with Crippen LogP contribution in [0.1, 0.15) is 25.2 Å². The fraction of sp³-hybridized carbons (Fsp3) is 0.412. The van der Waals surface area contributed by atoms with Crippen molar-refractivity contribution < 1.29 is 9.15 Å². The van der Waals surface area contributed by atoms with E-state index in [1.54, 1.807) is 13.4 Å². The normalized spacial score (nSPS) is 13.9. The fourth-order valence-corrected chi connectivity index (χ4v) is 2.45. The Morgan fingerprint density at radius 3 is 2.35 bits per heavy atom. The molecule has 0 saturated heterocycles. The number of methoxy groups -OCH3 is 1. The first-order valence-corrected chi connectivity index (χ1v) is 7.08. The van der Waals surface area contributed by atoms with Crippen molar-refractivity contribution in [2.75, 3.05) is 7.11 Å². The molecule has 1 aromatic carbocycles. The van der Waals surface area contributed by atoms with Crippen molar-refractivity contribution in [1.82, 2.24) is 5.32 Å². The average molecular weight is 273 g/mol. The van der Waals surface area contributed by atoms with Crippen LogP contribution in [0.3, 0.4) is 0 Å². The third-order valence-electron chi connectivity index (χ3n) is 3.36. The van der Waals surface area contributed by atoms with Crippen molar-refractivity contribution >= 4 is 0 Å². The SMILES string of the molecule is COc1ccc(CC(C)NC(C)Cc2ccco2)cc1. The van der Waals surface area contributed by atoms with Crippen LogP contribution in [0.25, 0.3) is 0 Å². The van der Waals surface area contributed by atoms with E-state index in [9.17, 15) is 0 Å². The highest BCUT2D eigenvalue weighted by molar-refractivity contribution is 5.27. The number of furan rings is 1. The van der Waals surface area contributed by atoms with Crippen molar-refractivity contribution in [2.24, 2.45) is 0 Å². The van der Waals surface area contributed by atoms with E-state index in [2.05, 4.69) is 31.3 Å². The van der Waals surface area contributed by atoms with Crippen LogP contribution in [0.5, 0.6) is 5.75 Å². The molecule has 0 amide bonds. The highest BCUT2D eigenvalue weighted by Crippen LogP contribution is 2.13. The molecule has 2 unspecified atom stereocenters. The molecule has 3 nitrogen and oxygen atoms in total. The highest BCUT2D eigenvalue weighted by atomic mass is 16.5. The summed E-state index contributed by atoms with van der Waals surface area (Å²) >= 11 is 0. The van der Waals surface area contributed by atoms with E-state index in [1.807, 2.05) is 24.3 Å². The zero-order valence-electron chi connectivity index (χ0n) is 12.4. The first kappa shape index (κ1) is 14.7. The molecule has 2 rings (SSSR count). The largest absolute Gasteiger partial charge is 0.497 e. The van der Waals surface area contributed by atoms with Crippen LogP contribution in [0.4, 0.5) is 0 Å². The molecule has 1 N–H and O–H groups in total. The van der Waals surface area contributed by atoms with Gasteiger partial charge in [-0.15, -0.1) is 0 Å². The summed E-state index contributed by atoms with van der Waals surface area (Å²) in [5.74, 6) is 1.93. The molecule has 3 heteroatoms. The predicted molar refractivity (Wildman–Crippen MR) is 81.2 cm³/mol. The molecule has 0 aliphatic carbocycles.